The molecule has 0 spiro atoms. The smallest absolute Gasteiger partial charge is 0.507 e. The van der Waals surface area contributed by atoms with Gasteiger partial charge >= 0.3 is 6.16 Å². The molecule has 0 aliphatic carbocycles. The van der Waals surface area contributed by atoms with Crippen molar-refractivity contribution >= 4 is 35.3 Å². The predicted molar refractivity (Wildman–Crippen MR) is 149 cm³/mol. The number of rotatable bonds is 7. The number of aromatic hydroxyl groups is 1. The first-order chi connectivity index (χ1) is 16.4. The Kier molecular flexibility index (Phi) is 9.48. The number of carbonyl (C=O) groups excluding carboxylic acids is 1. The van der Waals surface area contributed by atoms with Crippen LogP contribution in [0.2, 0.25) is 0 Å². The molecule has 0 heterocycles. The summed E-state index contributed by atoms with van der Waals surface area (Å²) in [6.07, 6.45) is -0.393. The maximum atomic E-state index is 12.8. The van der Waals surface area contributed by atoms with Gasteiger partial charge in [0, 0.05) is 28.4 Å². The summed E-state index contributed by atoms with van der Waals surface area (Å²) in [6, 6.07) is 7.00. The lowest BCUT2D eigenvalue weighted by molar-refractivity contribution is 0.0204. The number of phenolic OH excluding ortho intramolecular Hbond substituents is 1. The fraction of sp³-hybridized carbons (Fsp3) is 0.519. The molecule has 36 heavy (non-hydrogen) atoms. The highest BCUT2D eigenvalue weighted by Gasteiger charge is 2.32. The van der Waals surface area contributed by atoms with Crippen LogP contribution in [-0.4, -0.2) is 37.2 Å². The van der Waals surface area contributed by atoms with Crippen molar-refractivity contribution in [2.45, 2.75) is 71.8 Å². The predicted octanol–water partition coefficient (Wildman–Crippen LogP) is 8.75. The van der Waals surface area contributed by atoms with Gasteiger partial charge < -0.3 is 24.1 Å². The first kappa shape index (κ1) is 30.3. The molecule has 2 aromatic carbocycles. The van der Waals surface area contributed by atoms with E-state index in [2.05, 4.69) is 0 Å². The third kappa shape index (κ3) is 7.57. The fourth-order valence-corrected chi connectivity index (χ4v) is 6.33. The standard InChI is InChI=1S/C27H37Cl2O6P/c1-25(2,3)21-14-17(33-10)12-19(23(21)34-24(31)35-26(4,5)6)18-11-16(32-9)13-20(22(18)30)27(7,8)15-36(28)29/h11-14,30H,15H2,1-10H3. The second-order valence-corrected chi connectivity index (χ2v) is 15.2. The highest BCUT2D eigenvalue weighted by Crippen LogP contribution is 2.54. The van der Waals surface area contributed by atoms with Gasteiger partial charge in [0.05, 0.1) is 20.8 Å². The number of ether oxygens (including phenoxy) is 4. The maximum Gasteiger partial charge on any atom is 0.514 e. The molecule has 0 aromatic heterocycles. The Bertz CT molecular complexity index is 1100. The summed E-state index contributed by atoms with van der Waals surface area (Å²) in [5, 5.41) is 11.6. The molecule has 9 heteroatoms. The van der Waals surface area contributed by atoms with E-state index in [1.807, 2.05) is 40.7 Å². The van der Waals surface area contributed by atoms with Crippen LogP contribution in [-0.2, 0) is 15.6 Å². The third-order valence-corrected chi connectivity index (χ3v) is 7.28. The Hall–Kier alpha value is -1.88. The lowest BCUT2D eigenvalue weighted by Gasteiger charge is -2.29. The third-order valence-electron chi connectivity index (χ3n) is 5.53. The van der Waals surface area contributed by atoms with Crippen LogP contribution in [0.4, 0.5) is 4.79 Å². The van der Waals surface area contributed by atoms with E-state index < -0.39 is 29.2 Å². The zero-order chi connectivity index (χ0) is 27.6. The van der Waals surface area contributed by atoms with Crippen molar-refractivity contribution in [3.63, 3.8) is 0 Å². The van der Waals surface area contributed by atoms with Gasteiger partial charge in [0.15, 0.2) is 0 Å². The Morgan fingerprint density at radius 1 is 0.861 bits per heavy atom. The second-order valence-electron chi connectivity index (χ2n) is 11.3. The molecular weight excluding hydrogens is 522 g/mol. The first-order valence-corrected chi connectivity index (χ1v) is 14.9. The number of phenols is 1. The molecule has 2 rings (SSSR count). The molecule has 6 nitrogen and oxygen atoms in total. The van der Waals surface area contributed by atoms with Crippen molar-refractivity contribution in [1.82, 2.24) is 0 Å². The van der Waals surface area contributed by atoms with Crippen LogP contribution in [0, 0.1) is 0 Å². The molecule has 1 N–H and O–H groups in total. The van der Waals surface area contributed by atoms with Crippen molar-refractivity contribution in [2.75, 3.05) is 20.4 Å². The monoisotopic (exact) mass is 558 g/mol. The molecule has 0 bridgehead atoms. The van der Waals surface area contributed by atoms with Crippen molar-refractivity contribution in [3.8, 4) is 34.1 Å². The topological polar surface area (TPSA) is 74.2 Å². The quantitative estimate of drug-likeness (QED) is 0.208. The lowest BCUT2D eigenvalue weighted by atomic mass is 9.81. The van der Waals surface area contributed by atoms with Crippen LogP contribution in [0.5, 0.6) is 23.0 Å². The van der Waals surface area contributed by atoms with Crippen LogP contribution in [0.3, 0.4) is 0 Å². The van der Waals surface area contributed by atoms with E-state index >= 15 is 0 Å². The molecule has 0 saturated heterocycles. The van der Waals surface area contributed by atoms with E-state index in [1.165, 1.54) is 0 Å². The van der Waals surface area contributed by atoms with Gasteiger partial charge in [-0.25, -0.2) is 4.79 Å². The average molecular weight is 559 g/mol. The van der Waals surface area contributed by atoms with E-state index in [1.54, 1.807) is 53.2 Å². The van der Waals surface area contributed by atoms with Crippen molar-refractivity contribution in [1.29, 1.82) is 0 Å². The lowest BCUT2D eigenvalue weighted by Crippen LogP contribution is -2.27. The minimum Gasteiger partial charge on any atom is -0.507 e. The van der Waals surface area contributed by atoms with Gasteiger partial charge in [-0.05, 0) is 55.9 Å². The highest BCUT2D eigenvalue weighted by molar-refractivity contribution is 8.03. The first-order valence-electron chi connectivity index (χ1n) is 11.5. The summed E-state index contributed by atoms with van der Waals surface area (Å²) in [5.74, 6) is 1.33. The SMILES string of the molecule is COc1cc(-c2cc(OC)cc(C(C)(C)CP(Cl)Cl)c2O)c(OC(=O)OC(C)(C)C)c(C(C)(C)C)c1. The maximum absolute atomic E-state index is 12.8. The van der Waals surface area contributed by atoms with Crippen LogP contribution < -0.4 is 14.2 Å². The Balaban J connectivity index is 2.92. The summed E-state index contributed by atoms with van der Waals surface area (Å²) < 4.78 is 22.5. The molecule has 0 saturated carbocycles. The number of hydrogen-bond acceptors (Lipinski definition) is 6. The summed E-state index contributed by atoms with van der Waals surface area (Å²) >= 11 is 12.3. The molecule has 0 unspecified atom stereocenters. The molecule has 0 atom stereocenters. The van der Waals surface area contributed by atoms with E-state index in [-0.39, 0.29) is 11.5 Å². The molecule has 2 aromatic rings. The van der Waals surface area contributed by atoms with Crippen molar-refractivity contribution in [2.24, 2.45) is 0 Å². The molecule has 0 amide bonds. The number of benzene rings is 2. The summed E-state index contributed by atoms with van der Waals surface area (Å²) in [7, 11) is 3.11. The summed E-state index contributed by atoms with van der Waals surface area (Å²) in [4.78, 5) is 12.8. The zero-order valence-corrected chi connectivity index (χ0v) is 25.1. The van der Waals surface area contributed by atoms with Crippen molar-refractivity contribution < 1.29 is 28.8 Å². The van der Waals surface area contributed by atoms with Crippen LogP contribution in [0.1, 0.15) is 66.5 Å². The van der Waals surface area contributed by atoms with Gasteiger partial charge in [-0.1, -0.05) is 57.1 Å². The molecule has 0 fully saturated rings. The second kappa shape index (κ2) is 11.2. The molecular formula is C27H37Cl2O6P. The molecule has 200 valence electrons. The van der Waals surface area contributed by atoms with Gasteiger partial charge in [-0.2, -0.15) is 0 Å². The summed E-state index contributed by atoms with van der Waals surface area (Å²) in [6.45, 7) is 13.9. The summed E-state index contributed by atoms with van der Waals surface area (Å²) in [5.41, 5.74) is 0.420. The Morgan fingerprint density at radius 3 is 1.81 bits per heavy atom. The number of hydrogen-bond donors (Lipinski definition) is 1. The van der Waals surface area contributed by atoms with E-state index in [0.717, 1.165) is 0 Å². The minimum absolute atomic E-state index is 0.00753. The van der Waals surface area contributed by atoms with E-state index in [4.69, 9.17) is 41.4 Å². The zero-order valence-electron chi connectivity index (χ0n) is 22.7. The van der Waals surface area contributed by atoms with Gasteiger partial charge in [-0.3, -0.25) is 0 Å². The number of carbonyl (C=O) groups is 1. The van der Waals surface area contributed by atoms with Gasteiger partial charge in [0.2, 0.25) is 0 Å². The number of methoxy groups -OCH3 is 2. The van der Waals surface area contributed by atoms with Crippen molar-refractivity contribution in [3.05, 3.63) is 35.4 Å². The average Bonchev–Trinajstić information content (AvgIpc) is 2.70. The molecule has 0 aliphatic rings. The normalized spacial score (nSPS) is 12.5. The largest absolute Gasteiger partial charge is 0.514 e. The van der Waals surface area contributed by atoms with E-state index in [0.29, 0.717) is 39.9 Å². The molecule has 0 aliphatic heterocycles. The van der Waals surface area contributed by atoms with Crippen LogP contribution in [0.15, 0.2) is 24.3 Å². The number of halogens is 2. The minimum atomic E-state index is -1.28. The highest BCUT2D eigenvalue weighted by atomic mass is 35.9. The van der Waals surface area contributed by atoms with Gasteiger partial charge in [0.1, 0.15) is 28.6 Å². The molecule has 0 radical (unpaired) electrons. The Labute approximate surface area is 225 Å². The fourth-order valence-electron chi connectivity index (χ4n) is 3.77. The van der Waals surface area contributed by atoms with E-state index in [9.17, 15) is 9.90 Å². The van der Waals surface area contributed by atoms with Crippen LogP contribution in [0.25, 0.3) is 11.1 Å². The van der Waals surface area contributed by atoms with Crippen LogP contribution >= 0.6 is 29.1 Å². The Morgan fingerprint density at radius 2 is 1.36 bits per heavy atom. The van der Waals surface area contributed by atoms with Gasteiger partial charge in [0.25, 0.3) is 0 Å². The van der Waals surface area contributed by atoms with Gasteiger partial charge in [-0.15, -0.1) is 0 Å².